The van der Waals surface area contributed by atoms with Gasteiger partial charge in [0.15, 0.2) is 11.4 Å². The van der Waals surface area contributed by atoms with E-state index in [2.05, 4.69) is 18.3 Å². The first-order valence-corrected chi connectivity index (χ1v) is 7.72. The lowest BCUT2D eigenvalue weighted by Gasteiger charge is -2.28. The topological polar surface area (TPSA) is 79.8 Å². The Hall–Kier alpha value is -2.36. The maximum Gasteiger partial charge on any atom is 0.420 e. The number of alkyl halides is 3. The van der Waals surface area contributed by atoms with Gasteiger partial charge in [0.2, 0.25) is 0 Å². The SMILES string of the molecule is C=Nc1c(N(C)C)c(=O)n(CCCC(=C)C(C)(O)C(F)(F)F)c(=O)n1C. The van der Waals surface area contributed by atoms with Crippen LogP contribution in [0.25, 0.3) is 0 Å². The van der Waals surface area contributed by atoms with Gasteiger partial charge in [0.25, 0.3) is 5.56 Å². The van der Waals surface area contributed by atoms with Crippen LogP contribution >= 0.6 is 0 Å². The Labute approximate surface area is 148 Å². The van der Waals surface area contributed by atoms with E-state index in [-0.39, 0.29) is 30.9 Å². The summed E-state index contributed by atoms with van der Waals surface area (Å²) >= 11 is 0. The molecule has 0 aromatic carbocycles. The van der Waals surface area contributed by atoms with E-state index in [0.29, 0.717) is 6.92 Å². The minimum atomic E-state index is -4.85. The highest BCUT2D eigenvalue weighted by Gasteiger charge is 2.51. The summed E-state index contributed by atoms with van der Waals surface area (Å²) in [6.45, 7) is 7.13. The average molecular weight is 376 g/mol. The zero-order valence-corrected chi connectivity index (χ0v) is 15.2. The standard InChI is InChI=1S/C16H23F3N4O3/c1-10(15(2,26)16(17,18)19)8-7-9-23-13(24)11(21(4)5)12(20-3)22(6)14(23)25/h26H,1,3,7-9H2,2,4-6H3. The number of rotatable bonds is 7. The molecule has 0 spiro atoms. The van der Waals surface area contributed by atoms with Gasteiger partial charge in [0.05, 0.1) is 0 Å². The molecule has 0 aliphatic carbocycles. The van der Waals surface area contributed by atoms with Gasteiger partial charge in [-0.15, -0.1) is 0 Å². The molecule has 0 aliphatic rings. The van der Waals surface area contributed by atoms with Gasteiger partial charge in [0.1, 0.15) is 5.69 Å². The molecule has 1 atom stereocenters. The van der Waals surface area contributed by atoms with Crippen LogP contribution in [0.4, 0.5) is 24.7 Å². The van der Waals surface area contributed by atoms with Crippen LogP contribution in [0, 0.1) is 0 Å². The normalized spacial score (nSPS) is 14.0. The van der Waals surface area contributed by atoms with Gasteiger partial charge in [-0.2, -0.15) is 13.2 Å². The Bertz CT molecular complexity index is 820. The molecule has 1 aromatic rings. The van der Waals surface area contributed by atoms with Gasteiger partial charge >= 0.3 is 11.9 Å². The predicted molar refractivity (Wildman–Crippen MR) is 94.5 cm³/mol. The molecule has 0 saturated heterocycles. The molecule has 1 aromatic heterocycles. The molecule has 1 unspecified atom stereocenters. The lowest BCUT2D eigenvalue weighted by Crippen LogP contribution is -2.44. The molecule has 0 bridgehead atoms. The first-order valence-electron chi connectivity index (χ1n) is 7.72. The molecule has 7 nitrogen and oxygen atoms in total. The molecule has 26 heavy (non-hydrogen) atoms. The fraction of sp³-hybridized carbons (Fsp3) is 0.562. The van der Waals surface area contributed by atoms with Crippen molar-refractivity contribution < 1.29 is 18.3 Å². The fourth-order valence-corrected chi connectivity index (χ4v) is 2.40. The maximum absolute atomic E-state index is 12.8. The number of aromatic nitrogens is 2. The van der Waals surface area contributed by atoms with Gasteiger partial charge in [-0.05, 0) is 32.1 Å². The van der Waals surface area contributed by atoms with Crippen LogP contribution in [-0.2, 0) is 13.6 Å². The highest BCUT2D eigenvalue weighted by Crippen LogP contribution is 2.36. The van der Waals surface area contributed by atoms with E-state index in [9.17, 15) is 27.9 Å². The number of nitrogens with zero attached hydrogens (tertiary/aromatic N) is 4. The second-order valence-corrected chi connectivity index (χ2v) is 6.30. The quantitative estimate of drug-likeness (QED) is 0.579. The Morgan fingerprint density at radius 3 is 2.27 bits per heavy atom. The average Bonchev–Trinajstić information content (AvgIpc) is 2.51. The Morgan fingerprint density at radius 1 is 1.31 bits per heavy atom. The summed E-state index contributed by atoms with van der Waals surface area (Å²) < 4.78 is 40.5. The molecular weight excluding hydrogens is 353 g/mol. The zero-order valence-electron chi connectivity index (χ0n) is 15.2. The number of aliphatic hydroxyl groups is 1. The minimum absolute atomic E-state index is 0.0218. The van der Waals surface area contributed by atoms with Crippen molar-refractivity contribution in [2.45, 2.75) is 38.1 Å². The van der Waals surface area contributed by atoms with Crippen LogP contribution in [0.2, 0.25) is 0 Å². The summed E-state index contributed by atoms with van der Waals surface area (Å²) in [4.78, 5) is 30.1. The molecule has 10 heteroatoms. The van der Waals surface area contributed by atoms with E-state index in [0.717, 1.165) is 9.13 Å². The highest BCUT2D eigenvalue weighted by atomic mass is 19.4. The maximum atomic E-state index is 12.8. The molecule has 1 rings (SSSR count). The van der Waals surface area contributed by atoms with Crippen molar-refractivity contribution in [2.75, 3.05) is 19.0 Å². The molecule has 0 saturated carbocycles. The summed E-state index contributed by atoms with van der Waals surface area (Å²) in [7, 11) is 4.62. The van der Waals surface area contributed by atoms with Crippen LogP contribution in [0.1, 0.15) is 19.8 Å². The zero-order chi connectivity index (χ0) is 20.4. The van der Waals surface area contributed by atoms with E-state index in [4.69, 9.17) is 0 Å². The summed E-state index contributed by atoms with van der Waals surface area (Å²) in [5.41, 5.74) is -4.60. The molecule has 146 valence electrons. The van der Waals surface area contributed by atoms with Crippen LogP contribution in [0.3, 0.4) is 0 Å². The first-order chi connectivity index (χ1) is 11.8. The van der Waals surface area contributed by atoms with Gasteiger partial charge in [0, 0.05) is 27.7 Å². The minimum Gasteiger partial charge on any atom is -0.377 e. The van der Waals surface area contributed by atoms with Gasteiger partial charge in [-0.1, -0.05) is 6.58 Å². The Kier molecular flexibility index (Phi) is 6.24. The lowest BCUT2D eigenvalue weighted by atomic mass is 9.93. The van der Waals surface area contributed by atoms with Crippen molar-refractivity contribution in [1.82, 2.24) is 9.13 Å². The number of anilines is 1. The lowest BCUT2D eigenvalue weighted by molar-refractivity contribution is -0.237. The third-order valence-corrected chi connectivity index (χ3v) is 4.19. The van der Waals surface area contributed by atoms with E-state index >= 15 is 0 Å². The van der Waals surface area contributed by atoms with Crippen molar-refractivity contribution in [3.63, 3.8) is 0 Å². The highest BCUT2D eigenvalue weighted by molar-refractivity contribution is 5.63. The van der Waals surface area contributed by atoms with Crippen LogP contribution in [0.5, 0.6) is 0 Å². The molecular formula is C16H23F3N4O3. The molecule has 1 heterocycles. The monoisotopic (exact) mass is 376 g/mol. The molecule has 0 amide bonds. The van der Waals surface area contributed by atoms with Crippen LogP contribution < -0.4 is 16.1 Å². The predicted octanol–water partition coefficient (Wildman–Crippen LogP) is 1.59. The Balaban J connectivity index is 3.14. The third-order valence-electron chi connectivity index (χ3n) is 4.19. The number of halogens is 3. The van der Waals surface area contributed by atoms with Crippen LogP contribution in [0.15, 0.2) is 26.7 Å². The largest absolute Gasteiger partial charge is 0.420 e. The van der Waals surface area contributed by atoms with Crippen molar-refractivity contribution in [3.05, 3.63) is 33.0 Å². The summed E-state index contributed by atoms with van der Waals surface area (Å²) in [6.07, 6.45) is -5.04. The van der Waals surface area contributed by atoms with E-state index in [1.165, 1.54) is 11.9 Å². The van der Waals surface area contributed by atoms with Gasteiger partial charge in [-0.25, -0.2) is 9.79 Å². The fourth-order valence-electron chi connectivity index (χ4n) is 2.40. The summed E-state index contributed by atoms with van der Waals surface area (Å²) in [6, 6.07) is 0. The number of hydrogen-bond donors (Lipinski definition) is 1. The second-order valence-electron chi connectivity index (χ2n) is 6.30. The molecule has 1 N–H and O–H groups in total. The third kappa shape index (κ3) is 3.90. The summed E-state index contributed by atoms with van der Waals surface area (Å²) in [5, 5.41) is 9.57. The van der Waals surface area contributed by atoms with E-state index < -0.39 is 28.6 Å². The van der Waals surface area contributed by atoms with Crippen molar-refractivity contribution in [2.24, 2.45) is 12.0 Å². The van der Waals surface area contributed by atoms with E-state index in [1.54, 1.807) is 14.1 Å². The first kappa shape index (κ1) is 21.7. The van der Waals surface area contributed by atoms with Crippen molar-refractivity contribution >= 4 is 18.2 Å². The molecule has 0 aliphatic heterocycles. The molecule has 0 radical (unpaired) electrons. The van der Waals surface area contributed by atoms with Gasteiger partial charge in [-0.3, -0.25) is 13.9 Å². The number of aliphatic imine (C=N–C) groups is 1. The van der Waals surface area contributed by atoms with Crippen LogP contribution in [-0.4, -0.2) is 46.8 Å². The summed E-state index contributed by atoms with van der Waals surface area (Å²) in [5.74, 6) is 0.102. The molecule has 0 fully saturated rings. The smallest absolute Gasteiger partial charge is 0.377 e. The van der Waals surface area contributed by atoms with E-state index in [1.807, 2.05) is 0 Å². The van der Waals surface area contributed by atoms with Crippen molar-refractivity contribution in [3.8, 4) is 0 Å². The number of hydrogen-bond acceptors (Lipinski definition) is 5. The Morgan fingerprint density at radius 2 is 1.85 bits per heavy atom. The van der Waals surface area contributed by atoms with Crippen molar-refractivity contribution in [1.29, 1.82) is 0 Å². The van der Waals surface area contributed by atoms with Gasteiger partial charge < -0.3 is 10.0 Å². The second kappa shape index (κ2) is 7.48.